The summed E-state index contributed by atoms with van der Waals surface area (Å²) in [4.78, 5) is 16.5. The number of pyridine rings is 1. The Labute approximate surface area is 125 Å². The molecule has 0 saturated heterocycles. The first-order valence-electron chi connectivity index (χ1n) is 7.73. The SMILES string of the molecule is Cc1ncccc1C(=O)Cc1ccn(C2CCCCC2)n1. The number of carbonyl (C=O) groups is 1. The van der Waals surface area contributed by atoms with Crippen LogP contribution in [-0.4, -0.2) is 20.5 Å². The molecule has 0 aliphatic heterocycles. The molecule has 0 unspecified atom stereocenters. The normalized spacial score (nSPS) is 16.0. The monoisotopic (exact) mass is 283 g/mol. The smallest absolute Gasteiger partial charge is 0.170 e. The summed E-state index contributed by atoms with van der Waals surface area (Å²) in [6.45, 7) is 1.87. The first-order valence-corrected chi connectivity index (χ1v) is 7.73. The summed E-state index contributed by atoms with van der Waals surface area (Å²) in [5.41, 5.74) is 2.34. The van der Waals surface area contributed by atoms with E-state index in [1.165, 1.54) is 32.1 Å². The average Bonchev–Trinajstić information content (AvgIpc) is 2.97. The molecule has 2 heterocycles. The minimum atomic E-state index is 0.0921. The number of ketones is 1. The second kappa shape index (κ2) is 6.20. The predicted molar refractivity (Wildman–Crippen MR) is 81.4 cm³/mol. The fraction of sp³-hybridized carbons (Fsp3) is 0.471. The van der Waals surface area contributed by atoms with Crippen LogP contribution in [0.4, 0.5) is 0 Å². The molecule has 0 amide bonds. The Morgan fingerprint density at radius 2 is 2.10 bits per heavy atom. The maximum absolute atomic E-state index is 12.3. The van der Waals surface area contributed by atoms with E-state index in [0.717, 1.165) is 11.4 Å². The Balaban J connectivity index is 1.69. The third-order valence-electron chi connectivity index (χ3n) is 4.26. The Morgan fingerprint density at radius 1 is 1.29 bits per heavy atom. The van der Waals surface area contributed by atoms with Gasteiger partial charge in [-0.05, 0) is 38.0 Å². The van der Waals surface area contributed by atoms with Gasteiger partial charge in [-0.15, -0.1) is 0 Å². The molecule has 0 spiro atoms. The quantitative estimate of drug-likeness (QED) is 0.807. The summed E-state index contributed by atoms with van der Waals surface area (Å²) in [6, 6.07) is 6.13. The molecule has 1 fully saturated rings. The fourth-order valence-electron chi connectivity index (χ4n) is 3.06. The molecule has 21 heavy (non-hydrogen) atoms. The molecule has 0 aromatic carbocycles. The maximum atomic E-state index is 12.3. The summed E-state index contributed by atoms with van der Waals surface area (Å²) in [6.07, 6.45) is 10.4. The lowest BCUT2D eigenvalue weighted by Gasteiger charge is -2.21. The van der Waals surface area contributed by atoms with Crippen molar-refractivity contribution in [1.82, 2.24) is 14.8 Å². The van der Waals surface area contributed by atoms with Gasteiger partial charge in [0, 0.05) is 23.7 Å². The second-order valence-corrected chi connectivity index (χ2v) is 5.82. The lowest BCUT2D eigenvalue weighted by Crippen LogP contribution is -2.14. The van der Waals surface area contributed by atoms with Crippen molar-refractivity contribution >= 4 is 5.78 Å². The second-order valence-electron chi connectivity index (χ2n) is 5.82. The molecule has 2 aromatic rings. The van der Waals surface area contributed by atoms with Crippen LogP contribution in [0, 0.1) is 6.92 Å². The summed E-state index contributed by atoms with van der Waals surface area (Å²) in [5, 5.41) is 4.60. The van der Waals surface area contributed by atoms with E-state index in [2.05, 4.69) is 14.8 Å². The largest absolute Gasteiger partial charge is 0.294 e. The van der Waals surface area contributed by atoms with Crippen molar-refractivity contribution < 1.29 is 4.79 Å². The number of hydrogen-bond acceptors (Lipinski definition) is 3. The molecule has 3 rings (SSSR count). The van der Waals surface area contributed by atoms with Gasteiger partial charge in [-0.25, -0.2) is 0 Å². The van der Waals surface area contributed by atoms with E-state index in [9.17, 15) is 4.79 Å². The molecule has 4 nitrogen and oxygen atoms in total. The minimum absolute atomic E-state index is 0.0921. The maximum Gasteiger partial charge on any atom is 0.170 e. The average molecular weight is 283 g/mol. The van der Waals surface area contributed by atoms with E-state index in [0.29, 0.717) is 18.0 Å². The van der Waals surface area contributed by atoms with E-state index >= 15 is 0 Å². The topological polar surface area (TPSA) is 47.8 Å². The number of hydrogen-bond donors (Lipinski definition) is 0. The van der Waals surface area contributed by atoms with Crippen LogP contribution in [0.3, 0.4) is 0 Å². The zero-order chi connectivity index (χ0) is 14.7. The van der Waals surface area contributed by atoms with Crippen LogP contribution in [0.15, 0.2) is 30.6 Å². The van der Waals surface area contributed by atoms with Crippen LogP contribution in [0.25, 0.3) is 0 Å². The molecular formula is C17H21N3O. The van der Waals surface area contributed by atoms with Crippen LogP contribution in [0.1, 0.15) is 59.9 Å². The summed E-state index contributed by atoms with van der Waals surface area (Å²) < 4.78 is 2.05. The highest BCUT2D eigenvalue weighted by Gasteiger charge is 2.17. The molecule has 0 radical (unpaired) electrons. The van der Waals surface area contributed by atoms with Crippen molar-refractivity contribution in [2.75, 3.05) is 0 Å². The van der Waals surface area contributed by atoms with E-state index in [-0.39, 0.29) is 5.78 Å². The van der Waals surface area contributed by atoms with Gasteiger partial charge >= 0.3 is 0 Å². The molecule has 0 atom stereocenters. The zero-order valence-electron chi connectivity index (χ0n) is 12.5. The van der Waals surface area contributed by atoms with Crippen molar-refractivity contribution in [3.8, 4) is 0 Å². The molecule has 110 valence electrons. The molecule has 1 saturated carbocycles. The standard InChI is InChI=1S/C17H21N3O/c1-13-16(8-5-10-18-13)17(21)12-14-9-11-20(19-14)15-6-3-2-4-7-15/h5,8-11,15H,2-4,6-7,12H2,1H3. The molecule has 2 aromatic heterocycles. The van der Waals surface area contributed by atoms with Crippen molar-refractivity contribution in [1.29, 1.82) is 0 Å². The van der Waals surface area contributed by atoms with Crippen molar-refractivity contribution in [2.24, 2.45) is 0 Å². The van der Waals surface area contributed by atoms with Gasteiger partial charge in [0.15, 0.2) is 5.78 Å². The van der Waals surface area contributed by atoms with E-state index < -0.39 is 0 Å². The Hall–Kier alpha value is -1.97. The molecule has 0 bridgehead atoms. The van der Waals surface area contributed by atoms with Crippen LogP contribution in [0.5, 0.6) is 0 Å². The van der Waals surface area contributed by atoms with Gasteiger partial charge in [-0.3, -0.25) is 14.5 Å². The van der Waals surface area contributed by atoms with Gasteiger partial charge in [0.05, 0.1) is 18.2 Å². The minimum Gasteiger partial charge on any atom is -0.294 e. The Kier molecular flexibility index (Phi) is 4.13. The van der Waals surface area contributed by atoms with Crippen LogP contribution in [-0.2, 0) is 6.42 Å². The third-order valence-corrected chi connectivity index (χ3v) is 4.26. The number of Topliss-reactive ketones (excluding diaryl/α,β-unsaturated/α-hetero) is 1. The fourth-order valence-corrected chi connectivity index (χ4v) is 3.06. The number of aryl methyl sites for hydroxylation is 1. The summed E-state index contributed by atoms with van der Waals surface area (Å²) in [7, 11) is 0. The first-order chi connectivity index (χ1) is 10.2. The predicted octanol–water partition coefficient (Wildman–Crippen LogP) is 3.52. The van der Waals surface area contributed by atoms with Crippen molar-refractivity contribution in [3.05, 3.63) is 47.5 Å². The molecule has 1 aliphatic rings. The van der Waals surface area contributed by atoms with Crippen LogP contribution < -0.4 is 0 Å². The third kappa shape index (κ3) is 3.20. The van der Waals surface area contributed by atoms with E-state index in [4.69, 9.17) is 0 Å². The number of carbonyl (C=O) groups excluding carboxylic acids is 1. The molecular weight excluding hydrogens is 262 g/mol. The van der Waals surface area contributed by atoms with Gasteiger partial charge in [0.1, 0.15) is 0 Å². The highest BCUT2D eigenvalue weighted by molar-refractivity contribution is 5.98. The van der Waals surface area contributed by atoms with Gasteiger partial charge in [0.2, 0.25) is 0 Å². The van der Waals surface area contributed by atoms with Crippen molar-refractivity contribution in [2.45, 2.75) is 51.5 Å². The zero-order valence-corrected chi connectivity index (χ0v) is 12.5. The molecule has 0 N–H and O–H groups in total. The van der Waals surface area contributed by atoms with Crippen molar-refractivity contribution in [3.63, 3.8) is 0 Å². The van der Waals surface area contributed by atoms with Gasteiger partial charge < -0.3 is 0 Å². The lowest BCUT2D eigenvalue weighted by atomic mass is 9.96. The number of nitrogens with zero attached hydrogens (tertiary/aromatic N) is 3. The van der Waals surface area contributed by atoms with E-state index in [1.54, 1.807) is 12.3 Å². The Bertz CT molecular complexity index is 626. The number of rotatable bonds is 4. The highest BCUT2D eigenvalue weighted by Crippen LogP contribution is 2.27. The first kappa shape index (κ1) is 14.0. The highest BCUT2D eigenvalue weighted by atomic mass is 16.1. The molecule has 1 aliphatic carbocycles. The van der Waals surface area contributed by atoms with Gasteiger partial charge in [-0.1, -0.05) is 19.3 Å². The van der Waals surface area contributed by atoms with E-state index in [1.807, 2.05) is 25.3 Å². The lowest BCUT2D eigenvalue weighted by molar-refractivity contribution is 0.0990. The number of aromatic nitrogens is 3. The van der Waals surface area contributed by atoms with Crippen LogP contribution >= 0.6 is 0 Å². The summed E-state index contributed by atoms with van der Waals surface area (Å²) >= 11 is 0. The van der Waals surface area contributed by atoms with Crippen LogP contribution in [0.2, 0.25) is 0 Å². The Morgan fingerprint density at radius 3 is 2.86 bits per heavy atom. The van der Waals surface area contributed by atoms with Gasteiger partial charge in [-0.2, -0.15) is 5.10 Å². The van der Waals surface area contributed by atoms with Gasteiger partial charge in [0.25, 0.3) is 0 Å². The molecule has 4 heteroatoms. The summed E-state index contributed by atoms with van der Waals surface area (Å²) in [5.74, 6) is 0.0921.